The molecule has 0 unspecified atom stereocenters. The van der Waals surface area contributed by atoms with E-state index < -0.39 is 0 Å². The molecule has 0 aliphatic rings. The summed E-state index contributed by atoms with van der Waals surface area (Å²) in [6.07, 6.45) is 2.02. The molecule has 0 bridgehead atoms. The van der Waals surface area contributed by atoms with Crippen LogP contribution in [0.3, 0.4) is 0 Å². The van der Waals surface area contributed by atoms with Gasteiger partial charge >= 0.3 is 0 Å². The first-order valence-electron chi connectivity index (χ1n) is 9.89. The summed E-state index contributed by atoms with van der Waals surface area (Å²) in [6.45, 7) is 7.04. The van der Waals surface area contributed by atoms with Gasteiger partial charge in [0.15, 0.2) is 5.13 Å². The second-order valence-electron chi connectivity index (χ2n) is 7.40. The first-order valence-corrected chi connectivity index (χ1v) is 12.3. The van der Waals surface area contributed by atoms with E-state index in [0.29, 0.717) is 28.8 Å². The van der Waals surface area contributed by atoms with E-state index in [1.54, 1.807) is 16.7 Å². The molecule has 5 nitrogen and oxygen atoms in total. The number of anilines is 1. The first-order chi connectivity index (χ1) is 14.9. The van der Waals surface area contributed by atoms with Gasteiger partial charge in [0, 0.05) is 27.7 Å². The zero-order valence-electron chi connectivity index (χ0n) is 17.8. The van der Waals surface area contributed by atoms with Crippen molar-refractivity contribution in [3.05, 3.63) is 70.0 Å². The van der Waals surface area contributed by atoms with E-state index >= 15 is 0 Å². The Morgan fingerprint density at radius 1 is 1.16 bits per heavy atom. The second-order valence-corrected chi connectivity index (χ2v) is 9.73. The summed E-state index contributed by atoms with van der Waals surface area (Å²) in [4.78, 5) is 21.2. The minimum Gasteiger partial charge on any atom is -0.282 e. The molecule has 0 spiro atoms. The van der Waals surface area contributed by atoms with Gasteiger partial charge in [0.05, 0.1) is 22.5 Å². The van der Waals surface area contributed by atoms with E-state index in [1.807, 2.05) is 74.2 Å². The minimum absolute atomic E-state index is 0.0722. The third kappa shape index (κ3) is 4.63. The summed E-state index contributed by atoms with van der Waals surface area (Å²) < 4.78 is 2.91. The summed E-state index contributed by atoms with van der Waals surface area (Å²) >= 11 is 9.38. The van der Waals surface area contributed by atoms with Gasteiger partial charge in [0.1, 0.15) is 0 Å². The molecule has 0 radical (unpaired) electrons. The molecule has 1 amide bonds. The zero-order valence-corrected chi connectivity index (χ0v) is 20.2. The lowest BCUT2D eigenvalue weighted by molar-refractivity contribution is 0.0985. The Morgan fingerprint density at radius 2 is 1.90 bits per heavy atom. The van der Waals surface area contributed by atoms with Crippen LogP contribution < -0.4 is 4.90 Å². The fourth-order valence-electron chi connectivity index (χ4n) is 3.53. The molecule has 0 saturated heterocycles. The molecule has 8 heteroatoms. The van der Waals surface area contributed by atoms with E-state index in [0.717, 1.165) is 32.1 Å². The monoisotopic (exact) mass is 470 g/mol. The van der Waals surface area contributed by atoms with Crippen LogP contribution in [0.25, 0.3) is 10.2 Å². The van der Waals surface area contributed by atoms with E-state index in [4.69, 9.17) is 16.6 Å². The predicted octanol–water partition coefficient (Wildman–Crippen LogP) is 6.14. The van der Waals surface area contributed by atoms with Crippen molar-refractivity contribution in [2.24, 2.45) is 0 Å². The molecule has 160 valence electrons. The molecule has 0 aliphatic carbocycles. The summed E-state index contributed by atoms with van der Waals surface area (Å²) in [5.41, 5.74) is 4.56. The second kappa shape index (κ2) is 9.02. The van der Waals surface area contributed by atoms with Crippen LogP contribution in [0.5, 0.6) is 0 Å². The molecule has 4 aromatic rings. The van der Waals surface area contributed by atoms with Crippen molar-refractivity contribution in [3.63, 3.8) is 0 Å². The Labute approximate surface area is 195 Å². The summed E-state index contributed by atoms with van der Waals surface area (Å²) in [5.74, 6) is -0.0722. The van der Waals surface area contributed by atoms with Crippen LogP contribution in [0.15, 0.2) is 47.4 Å². The Balaban J connectivity index is 1.71. The topological polar surface area (TPSA) is 51.0 Å². The van der Waals surface area contributed by atoms with Crippen molar-refractivity contribution in [1.29, 1.82) is 0 Å². The zero-order chi connectivity index (χ0) is 22.1. The van der Waals surface area contributed by atoms with Gasteiger partial charge in [-0.1, -0.05) is 22.9 Å². The minimum atomic E-state index is -0.0722. The van der Waals surface area contributed by atoms with E-state index in [-0.39, 0.29) is 5.91 Å². The molecular weight excluding hydrogens is 448 g/mol. The number of aryl methyl sites for hydroxylation is 3. The average Bonchev–Trinajstić information content (AvgIpc) is 3.30. The van der Waals surface area contributed by atoms with Crippen LogP contribution in [0.1, 0.15) is 27.3 Å². The van der Waals surface area contributed by atoms with Crippen molar-refractivity contribution in [1.82, 2.24) is 14.8 Å². The van der Waals surface area contributed by atoms with Crippen LogP contribution in [0.4, 0.5) is 5.13 Å². The quantitative estimate of drug-likeness (QED) is 0.317. The van der Waals surface area contributed by atoms with E-state index in [9.17, 15) is 4.79 Å². The van der Waals surface area contributed by atoms with Crippen LogP contribution in [-0.4, -0.2) is 33.5 Å². The van der Waals surface area contributed by atoms with Crippen LogP contribution in [-0.2, 0) is 6.54 Å². The maximum Gasteiger partial charge on any atom is 0.260 e. The molecule has 0 N–H and O–H groups in total. The average molecular weight is 471 g/mol. The number of thioether (sulfide) groups is 1. The van der Waals surface area contributed by atoms with Crippen molar-refractivity contribution in [2.45, 2.75) is 32.2 Å². The fourth-order valence-corrected chi connectivity index (χ4v) is 5.38. The van der Waals surface area contributed by atoms with Gasteiger partial charge < -0.3 is 0 Å². The number of hydrogen-bond donors (Lipinski definition) is 0. The normalized spacial score (nSPS) is 11.3. The summed E-state index contributed by atoms with van der Waals surface area (Å²) in [6, 6.07) is 13.5. The number of hydrogen-bond acceptors (Lipinski definition) is 5. The molecule has 0 saturated carbocycles. The number of fused-ring (bicyclic) bond motifs is 1. The van der Waals surface area contributed by atoms with Crippen molar-refractivity contribution >= 4 is 56.0 Å². The predicted molar refractivity (Wildman–Crippen MR) is 131 cm³/mol. The third-order valence-corrected chi connectivity index (χ3v) is 7.08. The van der Waals surface area contributed by atoms with E-state index in [1.165, 1.54) is 11.3 Å². The molecule has 2 aromatic heterocycles. The van der Waals surface area contributed by atoms with Crippen LogP contribution >= 0.6 is 34.7 Å². The number of rotatable bonds is 6. The number of nitrogens with zero attached hydrogens (tertiary/aromatic N) is 4. The van der Waals surface area contributed by atoms with Gasteiger partial charge in [-0.2, -0.15) is 5.10 Å². The van der Waals surface area contributed by atoms with Crippen molar-refractivity contribution < 1.29 is 4.79 Å². The molecular formula is C23H23ClN4OS2. The molecule has 2 heterocycles. The maximum atomic E-state index is 13.5. The number of carbonyl (C=O) groups is 1. The van der Waals surface area contributed by atoms with Crippen LogP contribution in [0.2, 0.25) is 5.02 Å². The van der Waals surface area contributed by atoms with Gasteiger partial charge in [-0.15, -0.1) is 11.8 Å². The Morgan fingerprint density at radius 3 is 2.55 bits per heavy atom. The Kier molecular flexibility index (Phi) is 6.36. The Bertz CT molecular complexity index is 1250. The number of thiazole rings is 1. The molecule has 31 heavy (non-hydrogen) atoms. The number of halogens is 1. The highest BCUT2D eigenvalue weighted by Gasteiger charge is 2.22. The molecule has 0 atom stereocenters. The third-order valence-electron chi connectivity index (χ3n) is 5.09. The number of carbonyl (C=O) groups excluding carboxylic acids is 1. The highest BCUT2D eigenvalue weighted by atomic mass is 35.5. The molecule has 4 rings (SSSR count). The smallest absolute Gasteiger partial charge is 0.260 e. The van der Waals surface area contributed by atoms with Gasteiger partial charge in [0.25, 0.3) is 5.91 Å². The fraction of sp³-hybridized carbons (Fsp3) is 0.261. The van der Waals surface area contributed by atoms with Gasteiger partial charge in [0.2, 0.25) is 0 Å². The first kappa shape index (κ1) is 21.9. The lowest BCUT2D eigenvalue weighted by Gasteiger charge is -2.20. The number of amides is 1. The molecule has 0 fully saturated rings. The SMILES string of the molecule is CSc1ccc(C(=O)N(CCn2nc(C)cc2C)c2nc3c(C)cc(Cl)cc3s2)cc1. The molecule has 2 aromatic carbocycles. The highest BCUT2D eigenvalue weighted by Crippen LogP contribution is 2.33. The number of benzene rings is 2. The standard InChI is InChI=1S/C23H23ClN4OS2/c1-14-11-18(24)13-20-21(14)25-23(31-20)27(9-10-28-16(3)12-15(2)26-28)22(29)17-5-7-19(30-4)8-6-17/h5-8,11-13H,9-10H2,1-4H3. The van der Waals surface area contributed by atoms with Gasteiger partial charge in [-0.05, 0) is 75.1 Å². The van der Waals surface area contributed by atoms with Crippen molar-refractivity contribution in [2.75, 3.05) is 17.7 Å². The van der Waals surface area contributed by atoms with Crippen molar-refractivity contribution in [3.8, 4) is 0 Å². The van der Waals surface area contributed by atoms with Crippen LogP contribution in [0, 0.1) is 20.8 Å². The van der Waals surface area contributed by atoms with Gasteiger partial charge in [-0.25, -0.2) is 4.98 Å². The number of aromatic nitrogens is 3. The lowest BCUT2D eigenvalue weighted by atomic mass is 10.2. The van der Waals surface area contributed by atoms with Gasteiger partial charge in [-0.3, -0.25) is 14.4 Å². The maximum absolute atomic E-state index is 13.5. The highest BCUT2D eigenvalue weighted by molar-refractivity contribution is 7.98. The largest absolute Gasteiger partial charge is 0.282 e. The summed E-state index contributed by atoms with van der Waals surface area (Å²) in [5, 5.41) is 5.88. The lowest BCUT2D eigenvalue weighted by Crippen LogP contribution is -2.34. The Hall–Kier alpha value is -2.35. The van der Waals surface area contributed by atoms with E-state index in [2.05, 4.69) is 5.10 Å². The molecule has 0 aliphatic heterocycles. The summed E-state index contributed by atoms with van der Waals surface area (Å²) in [7, 11) is 0.